The Hall–Kier alpha value is -2.30. The molecule has 0 bridgehead atoms. The van der Waals surface area contributed by atoms with Gasteiger partial charge in [-0.3, -0.25) is 4.79 Å². The van der Waals surface area contributed by atoms with Crippen molar-refractivity contribution in [3.05, 3.63) is 40.7 Å². The topological polar surface area (TPSA) is 59.5 Å². The van der Waals surface area contributed by atoms with E-state index in [1.807, 2.05) is 35.8 Å². The zero-order chi connectivity index (χ0) is 12.0. The molecule has 3 aromatic rings. The molecule has 0 unspecified atom stereocenters. The Morgan fingerprint density at radius 3 is 2.71 bits per heavy atom. The van der Waals surface area contributed by atoms with Crippen LogP contribution >= 0.6 is 0 Å². The van der Waals surface area contributed by atoms with Gasteiger partial charge in [0.15, 0.2) is 0 Å². The first-order chi connectivity index (χ1) is 8.22. The minimum absolute atomic E-state index is 0.243. The van der Waals surface area contributed by atoms with Crippen LogP contribution in [0.25, 0.3) is 16.8 Å². The number of hydrogen-bond acceptors (Lipinski definition) is 3. The third-order valence-electron chi connectivity index (χ3n) is 2.86. The molecule has 0 spiro atoms. The van der Waals surface area contributed by atoms with Gasteiger partial charge in [0.05, 0.1) is 17.1 Å². The molecule has 2 aromatic heterocycles. The number of aromatic hydroxyl groups is 1. The Balaban J connectivity index is 2.68. The lowest BCUT2D eigenvalue weighted by atomic mass is 10.3. The van der Waals surface area contributed by atoms with Crippen LogP contribution in [0.2, 0.25) is 0 Å². The van der Waals surface area contributed by atoms with E-state index in [1.165, 1.54) is 4.40 Å². The second-order valence-electron chi connectivity index (χ2n) is 3.82. The van der Waals surface area contributed by atoms with Crippen LogP contribution in [0.1, 0.15) is 6.92 Å². The number of hydrogen-bond donors (Lipinski definition) is 1. The summed E-state index contributed by atoms with van der Waals surface area (Å²) in [7, 11) is 0. The molecule has 0 saturated heterocycles. The lowest BCUT2D eigenvalue weighted by Crippen LogP contribution is -2.12. The highest BCUT2D eigenvalue weighted by atomic mass is 16.3. The van der Waals surface area contributed by atoms with E-state index in [1.54, 1.807) is 0 Å². The average molecular weight is 229 g/mol. The number of aryl methyl sites for hydroxylation is 1. The van der Waals surface area contributed by atoms with Crippen LogP contribution in [-0.4, -0.2) is 19.1 Å². The molecular formula is C12H11N3O2. The molecule has 0 aliphatic rings. The minimum atomic E-state index is -0.268. The Labute approximate surface area is 96.6 Å². The van der Waals surface area contributed by atoms with Crippen molar-refractivity contribution in [1.29, 1.82) is 0 Å². The predicted molar refractivity (Wildman–Crippen MR) is 64.3 cm³/mol. The summed E-state index contributed by atoms with van der Waals surface area (Å²) in [5.41, 5.74) is 1.47. The second kappa shape index (κ2) is 3.35. The van der Waals surface area contributed by atoms with Crippen LogP contribution in [0.4, 0.5) is 0 Å². The van der Waals surface area contributed by atoms with Gasteiger partial charge in [-0.05, 0) is 19.1 Å². The Kier molecular flexibility index (Phi) is 1.95. The summed E-state index contributed by atoms with van der Waals surface area (Å²) in [6.45, 7) is 2.66. The minimum Gasteiger partial charge on any atom is -0.493 e. The molecule has 0 atom stereocenters. The predicted octanol–water partition coefficient (Wildman–Crippen LogP) is 1.37. The van der Waals surface area contributed by atoms with Gasteiger partial charge in [-0.2, -0.15) is 4.98 Å². The van der Waals surface area contributed by atoms with Crippen molar-refractivity contribution in [3.63, 3.8) is 0 Å². The number of rotatable bonds is 1. The summed E-state index contributed by atoms with van der Waals surface area (Å²) in [4.78, 5) is 15.9. The molecule has 2 heterocycles. The fourth-order valence-corrected chi connectivity index (χ4v) is 2.17. The van der Waals surface area contributed by atoms with Gasteiger partial charge in [0.25, 0.3) is 5.56 Å². The van der Waals surface area contributed by atoms with Crippen molar-refractivity contribution in [2.24, 2.45) is 0 Å². The summed E-state index contributed by atoms with van der Waals surface area (Å²) in [5, 5.41) is 9.42. The van der Waals surface area contributed by atoms with Crippen LogP contribution in [0, 0.1) is 0 Å². The summed E-state index contributed by atoms with van der Waals surface area (Å²) < 4.78 is 3.41. The molecule has 0 fully saturated rings. The number of fused-ring (bicyclic) bond motifs is 3. The lowest BCUT2D eigenvalue weighted by molar-refractivity contribution is 0.452. The monoisotopic (exact) mass is 229 g/mol. The molecule has 86 valence electrons. The molecule has 0 aliphatic heterocycles. The Morgan fingerprint density at radius 2 is 2.00 bits per heavy atom. The van der Waals surface area contributed by atoms with E-state index >= 15 is 0 Å². The number of nitrogens with zero attached hydrogens (tertiary/aromatic N) is 3. The third-order valence-corrected chi connectivity index (χ3v) is 2.86. The van der Waals surface area contributed by atoms with E-state index in [2.05, 4.69) is 4.98 Å². The SMILES string of the molecule is CCn1c2ccccc2n2c(=O)cc(O)nc12. The van der Waals surface area contributed by atoms with E-state index < -0.39 is 0 Å². The zero-order valence-electron chi connectivity index (χ0n) is 9.29. The molecule has 0 radical (unpaired) electrons. The Morgan fingerprint density at radius 1 is 1.29 bits per heavy atom. The molecule has 3 rings (SSSR count). The summed E-state index contributed by atoms with van der Waals surface area (Å²) in [6.07, 6.45) is 0. The van der Waals surface area contributed by atoms with E-state index in [-0.39, 0.29) is 11.4 Å². The number of imidazole rings is 1. The van der Waals surface area contributed by atoms with Crippen LogP contribution < -0.4 is 5.56 Å². The van der Waals surface area contributed by atoms with Gasteiger partial charge in [0.1, 0.15) is 0 Å². The average Bonchev–Trinajstić information content (AvgIpc) is 2.62. The third kappa shape index (κ3) is 1.25. The largest absolute Gasteiger partial charge is 0.493 e. The summed E-state index contributed by atoms with van der Waals surface area (Å²) in [5.74, 6) is 0.228. The molecule has 17 heavy (non-hydrogen) atoms. The highest BCUT2D eigenvalue weighted by Crippen LogP contribution is 2.18. The van der Waals surface area contributed by atoms with E-state index in [9.17, 15) is 9.90 Å². The number of benzene rings is 1. The van der Waals surface area contributed by atoms with Crippen molar-refractivity contribution in [2.75, 3.05) is 0 Å². The maximum atomic E-state index is 11.9. The van der Waals surface area contributed by atoms with Crippen molar-refractivity contribution < 1.29 is 5.11 Å². The van der Waals surface area contributed by atoms with Crippen LogP contribution in [-0.2, 0) is 6.54 Å². The van der Waals surface area contributed by atoms with Gasteiger partial charge in [0, 0.05) is 6.54 Å². The first kappa shape index (κ1) is 9.89. The van der Waals surface area contributed by atoms with E-state index in [0.717, 1.165) is 17.1 Å². The second-order valence-corrected chi connectivity index (χ2v) is 3.82. The van der Waals surface area contributed by atoms with Gasteiger partial charge in [-0.25, -0.2) is 4.40 Å². The highest BCUT2D eigenvalue weighted by molar-refractivity contribution is 5.80. The first-order valence-electron chi connectivity index (χ1n) is 5.42. The van der Waals surface area contributed by atoms with Gasteiger partial charge in [-0.15, -0.1) is 0 Å². The summed E-state index contributed by atoms with van der Waals surface area (Å²) in [6, 6.07) is 8.72. The normalized spacial score (nSPS) is 11.4. The maximum Gasteiger partial charge on any atom is 0.263 e. The molecule has 5 nitrogen and oxygen atoms in total. The molecule has 0 amide bonds. The van der Waals surface area contributed by atoms with Crippen molar-refractivity contribution in [2.45, 2.75) is 13.5 Å². The number of aromatic nitrogens is 3. The molecule has 0 aliphatic carbocycles. The molecule has 1 N–H and O–H groups in total. The highest BCUT2D eigenvalue weighted by Gasteiger charge is 2.12. The van der Waals surface area contributed by atoms with Crippen molar-refractivity contribution >= 4 is 16.8 Å². The molecular weight excluding hydrogens is 218 g/mol. The fraction of sp³-hybridized carbons (Fsp3) is 0.167. The quantitative estimate of drug-likeness (QED) is 0.685. The van der Waals surface area contributed by atoms with Crippen LogP contribution in [0.3, 0.4) is 0 Å². The zero-order valence-corrected chi connectivity index (χ0v) is 9.29. The van der Waals surface area contributed by atoms with Gasteiger partial charge >= 0.3 is 0 Å². The van der Waals surface area contributed by atoms with Crippen molar-refractivity contribution in [3.8, 4) is 5.88 Å². The van der Waals surface area contributed by atoms with E-state index in [4.69, 9.17) is 0 Å². The van der Waals surface area contributed by atoms with Gasteiger partial charge < -0.3 is 9.67 Å². The van der Waals surface area contributed by atoms with Crippen LogP contribution in [0.5, 0.6) is 5.88 Å². The first-order valence-corrected chi connectivity index (χ1v) is 5.42. The molecule has 0 saturated carbocycles. The Bertz CT molecular complexity index is 770. The van der Waals surface area contributed by atoms with Gasteiger partial charge in [0.2, 0.25) is 11.7 Å². The van der Waals surface area contributed by atoms with E-state index in [0.29, 0.717) is 12.3 Å². The molecule has 5 heteroatoms. The maximum absolute atomic E-state index is 11.9. The standard InChI is InChI=1S/C12H11N3O2/c1-2-14-8-5-3-4-6-9(8)15-11(17)7-10(16)13-12(14)15/h3-7,16H,2H2,1H3. The fourth-order valence-electron chi connectivity index (χ4n) is 2.17. The summed E-state index contributed by atoms with van der Waals surface area (Å²) >= 11 is 0. The lowest BCUT2D eigenvalue weighted by Gasteiger charge is -2.00. The van der Waals surface area contributed by atoms with Crippen molar-refractivity contribution in [1.82, 2.24) is 14.0 Å². The number of para-hydroxylation sites is 2. The smallest absolute Gasteiger partial charge is 0.263 e. The molecule has 1 aromatic carbocycles. The van der Waals surface area contributed by atoms with Gasteiger partial charge in [-0.1, -0.05) is 12.1 Å². The van der Waals surface area contributed by atoms with Crippen LogP contribution in [0.15, 0.2) is 35.1 Å².